The van der Waals surface area contributed by atoms with E-state index in [0.717, 1.165) is 35.7 Å². The Morgan fingerprint density at radius 1 is 0.917 bits per heavy atom. The molecule has 5 heteroatoms. The summed E-state index contributed by atoms with van der Waals surface area (Å²) in [6, 6.07) is 18.0. The lowest BCUT2D eigenvalue weighted by molar-refractivity contribution is 0.407. The van der Waals surface area contributed by atoms with E-state index < -0.39 is 0 Å². The van der Waals surface area contributed by atoms with Crippen LogP contribution in [0.25, 0.3) is 0 Å². The van der Waals surface area contributed by atoms with E-state index in [9.17, 15) is 0 Å². The summed E-state index contributed by atoms with van der Waals surface area (Å²) in [6.07, 6.45) is 3.31. The van der Waals surface area contributed by atoms with Gasteiger partial charge in [-0.05, 0) is 29.8 Å². The number of hydrogen-bond acceptors (Lipinski definition) is 5. The summed E-state index contributed by atoms with van der Waals surface area (Å²) < 4.78 is 11.0. The number of rotatable bonds is 7. The molecule has 5 nitrogen and oxygen atoms in total. The first-order valence-electron chi connectivity index (χ1n) is 7.71. The van der Waals surface area contributed by atoms with Crippen molar-refractivity contribution in [2.24, 2.45) is 0 Å². The maximum Gasteiger partial charge on any atom is 0.321 e. The first-order chi connectivity index (χ1) is 11.8. The number of nitrogens with one attached hydrogen (secondary N) is 1. The van der Waals surface area contributed by atoms with Gasteiger partial charge in [-0.15, -0.1) is 0 Å². The van der Waals surface area contributed by atoms with Gasteiger partial charge in [0.2, 0.25) is 0 Å². The third-order valence-electron chi connectivity index (χ3n) is 3.49. The minimum Gasteiger partial charge on any atom is -0.496 e. The SMILES string of the molecule is COc1ccccc1CNCc1cccc(Oc2ncccn2)c1. The van der Waals surface area contributed by atoms with E-state index in [1.54, 1.807) is 25.6 Å². The molecule has 0 bridgehead atoms. The first kappa shape index (κ1) is 16.0. The smallest absolute Gasteiger partial charge is 0.321 e. The predicted molar refractivity (Wildman–Crippen MR) is 92.1 cm³/mol. The Kier molecular flexibility index (Phi) is 5.37. The molecule has 0 saturated carbocycles. The molecule has 122 valence electrons. The zero-order valence-electron chi connectivity index (χ0n) is 13.5. The highest BCUT2D eigenvalue weighted by molar-refractivity contribution is 5.33. The van der Waals surface area contributed by atoms with Crippen LogP contribution in [0.1, 0.15) is 11.1 Å². The van der Waals surface area contributed by atoms with Crippen molar-refractivity contribution >= 4 is 0 Å². The quantitative estimate of drug-likeness (QED) is 0.721. The molecule has 0 aliphatic heterocycles. The van der Waals surface area contributed by atoms with E-state index in [0.29, 0.717) is 6.01 Å². The largest absolute Gasteiger partial charge is 0.496 e. The normalized spacial score (nSPS) is 10.4. The minimum absolute atomic E-state index is 0.344. The van der Waals surface area contributed by atoms with Crippen LogP contribution in [0.4, 0.5) is 0 Å². The third-order valence-corrected chi connectivity index (χ3v) is 3.49. The fourth-order valence-electron chi connectivity index (χ4n) is 2.35. The molecule has 0 amide bonds. The molecular weight excluding hydrogens is 302 g/mol. The number of hydrogen-bond donors (Lipinski definition) is 1. The Labute approximate surface area is 141 Å². The monoisotopic (exact) mass is 321 g/mol. The van der Waals surface area contributed by atoms with Crippen molar-refractivity contribution in [3.8, 4) is 17.5 Å². The molecule has 0 saturated heterocycles. The molecule has 0 radical (unpaired) electrons. The van der Waals surface area contributed by atoms with Crippen LogP contribution in [-0.2, 0) is 13.1 Å². The summed E-state index contributed by atoms with van der Waals surface area (Å²) in [5, 5.41) is 3.42. The van der Waals surface area contributed by atoms with E-state index in [-0.39, 0.29) is 0 Å². The van der Waals surface area contributed by atoms with Crippen molar-refractivity contribution in [3.05, 3.63) is 78.1 Å². The second-order valence-corrected chi connectivity index (χ2v) is 5.20. The molecule has 24 heavy (non-hydrogen) atoms. The molecule has 0 fully saturated rings. The second-order valence-electron chi connectivity index (χ2n) is 5.20. The van der Waals surface area contributed by atoms with Gasteiger partial charge in [0.1, 0.15) is 11.5 Å². The van der Waals surface area contributed by atoms with Crippen LogP contribution in [0.5, 0.6) is 17.5 Å². The average molecular weight is 321 g/mol. The lowest BCUT2D eigenvalue weighted by Crippen LogP contribution is -2.13. The van der Waals surface area contributed by atoms with Gasteiger partial charge in [-0.25, -0.2) is 9.97 Å². The van der Waals surface area contributed by atoms with Crippen LogP contribution in [0.2, 0.25) is 0 Å². The molecule has 0 spiro atoms. The van der Waals surface area contributed by atoms with Gasteiger partial charge in [0, 0.05) is 31.0 Å². The Bertz CT molecular complexity index is 778. The Morgan fingerprint density at radius 3 is 2.58 bits per heavy atom. The van der Waals surface area contributed by atoms with Gasteiger partial charge < -0.3 is 14.8 Å². The van der Waals surface area contributed by atoms with Crippen molar-refractivity contribution in [3.63, 3.8) is 0 Å². The zero-order chi connectivity index (χ0) is 16.6. The van der Waals surface area contributed by atoms with Crippen LogP contribution in [0.3, 0.4) is 0 Å². The molecule has 3 aromatic rings. The van der Waals surface area contributed by atoms with Crippen molar-refractivity contribution in [2.45, 2.75) is 13.1 Å². The first-order valence-corrected chi connectivity index (χ1v) is 7.71. The summed E-state index contributed by atoms with van der Waals surface area (Å²) in [7, 11) is 1.69. The van der Waals surface area contributed by atoms with Crippen LogP contribution in [-0.4, -0.2) is 17.1 Å². The summed E-state index contributed by atoms with van der Waals surface area (Å²) in [6.45, 7) is 1.46. The van der Waals surface area contributed by atoms with Gasteiger partial charge in [-0.2, -0.15) is 0 Å². The highest BCUT2D eigenvalue weighted by Crippen LogP contribution is 2.19. The lowest BCUT2D eigenvalue weighted by Gasteiger charge is -2.10. The van der Waals surface area contributed by atoms with E-state index in [4.69, 9.17) is 9.47 Å². The minimum atomic E-state index is 0.344. The van der Waals surface area contributed by atoms with Gasteiger partial charge in [0.15, 0.2) is 0 Å². The van der Waals surface area contributed by atoms with Crippen LogP contribution in [0, 0.1) is 0 Å². The van der Waals surface area contributed by atoms with E-state index in [1.807, 2.05) is 42.5 Å². The van der Waals surface area contributed by atoms with Crippen LogP contribution in [0.15, 0.2) is 67.0 Å². The summed E-state index contributed by atoms with van der Waals surface area (Å²) in [5.74, 6) is 1.61. The maximum absolute atomic E-state index is 5.65. The van der Waals surface area contributed by atoms with Crippen molar-refractivity contribution in [2.75, 3.05) is 7.11 Å². The highest BCUT2D eigenvalue weighted by atomic mass is 16.5. The van der Waals surface area contributed by atoms with Gasteiger partial charge in [0.05, 0.1) is 7.11 Å². The molecule has 0 aliphatic carbocycles. The average Bonchev–Trinajstić information content (AvgIpc) is 2.63. The van der Waals surface area contributed by atoms with E-state index >= 15 is 0 Å². The number of aromatic nitrogens is 2. The molecule has 2 aromatic carbocycles. The molecule has 3 rings (SSSR count). The lowest BCUT2D eigenvalue weighted by atomic mass is 10.2. The molecule has 0 aliphatic rings. The number of benzene rings is 2. The third kappa shape index (κ3) is 4.30. The van der Waals surface area contributed by atoms with Crippen LogP contribution >= 0.6 is 0 Å². The standard InChI is InChI=1S/C19H19N3O2/c1-23-18-9-3-2-7-16(18)14-20-13-15-6-4-8-17(12-15)24-19-21-10-5-11-22-19/h2-12,20H,13-14H2,1H3. The number of methoxy groups -OCH3 is 1. The molecular formula is C19H19N3O2. The molecule has 1 N–H and O–H groups in total. The van der Waals surface area contributed by atoms with Crippen molar-refractivity contribution < 1.29 is 9.47 Å². The molecule has 0 atom stereocenters. The van der Waals surface area contributed by atoms with Crippen molar-refractivity contribution in [1.29, 1.82) is 0 Å². The topological polar surface area (TPSA) is 56.3 Å². The summed E-state index contributed by atoms with van der Waals surface area (Å²) in [4.78, 5) is 8.12. The fourth-order valence-corrected chi connectivity index (χ4v) is 2.35. The second kappa shape index (κ2) is 8.08. The fraction of sp³-hybridized carbons (Fsp3) is 0.158. The number of ether oxygens (including phenoxy) is 2. The summed E-state index contributed by atoms with van der Waals surface area (Å²) >= 11 is 0. The number of para-hydroxylation sites is 1. The van der Waals surface area contributed by atoms with E-state index in [2.05, 4.69) is 21.4 Å². The maximum atomic E-state index is 5.65. The van der Waals surface area contributed by atoms with Gasteiger partial charge in [-0.3, -0.25) is 0 Å². The predicted octanol–water partition coefficient (Wildman–Crippen LogP) is 3.57. The van der Waals surface area contributed by atoms with Gasteiger partial charge in [-0.1, -0.05) is 30.3 Å². The highest BCUT2D eigenvalue weighted by Gasteiger charge is 2.03. The Hall–Kier alpha value is -2.92. The summed E-state index contributed by atoms with van der Waals surface area (Å²) in [5.41, 5.74) is 2.25. The Morgan fingerprint density at radius 2 is 1.75 bits per heavy atom. The molecule has 1 aromatic heterocycles. The van der Waals surface area contributed by atoms with Gasteiger partial charge in [0.25, 0.3) is 0 Å². The Balaban J connectivity index is 1.59. The molecule has 1 heterocycles. The van der Waals surface area contributed by atoms with Gasteiger partial charge >= 0.3 is 6.01 Å². The van der Waals surface area contributed by atoms with Crippen molar-refractivity contribution in [1.82, 2.24) is 15.3 Å². The number of nitrogens with zero attached hydrogens (tertiary/aromatic N) is 2. The zero-order valence-corrected chi connectivity index (χ0v) is 13.5. The van der Waals surface area contributed by atoms with E-state index in [1.165, 1.54) is 0 Å². The van der Waals surface area contributed by atoms with Crippen LogP contribution < -0.4 is 14.8 Å². The molecule has 0 unspecified atom stereocenters.